The summed E-state index contributed by atoms with van der Waals surface area (Å²) in [5.74, 6) is -0.615. The molecule has 0 spiro atoms. The first-order chi connectivity index (χ1) is 5.72. The number of carbonyl (C=O) groups excluding carboxylic acids is 1. The van der Waals surface area contributed by atoms with E-state index in [1.165, 1.54) is 24.3 Å². The first-order valence-corrected chi connectivity index (χ1v) is 3.38. The molecule has 1 rings (SSSR count). The van der Waals surface area contributed by atoms with Crippen molar-refractivity contribution in [2.45, 2.75) is 0 Å². The van der Waals surface area contributed by atoms with Crippen LogP contribution in [-0.4, -0.2) is 12.5 Å². The standard InChI is InChI=1S/C8H8FNO2.2K.2H/c9-6-1-3-7(4-2-6)12-8(11)5-10;;;;/h1-4H,5,10H2;;;;/q;2*+1;2*-1. The summed E-state index contributed by atoms with van der Waals surface area (Å²) in [4.78, 5) is 10.6. The molecule has 0 amide bonds. The van der Waals surface area contributed by atoms with Crippen LogP contribution < -0.4 is 113 Å². The maximum absolute atomic E-state index is 12.3. The fraction of sp³-hybridized carbons (Fsp3) is 0.125. The third kappa shape index (κ3) is 7.18. The minimum absolute atomic E-state index is 0. The Bertz CT molecular complexity index is 288. The summed E-state index contributed by atoms with van der Waals surface area (Å²) >= 11 is 0. The molecule has 0 radical (unpaired) electrons. The zero-order valence-electron chi connectivity index (χ0n) is 10.3. The van der Waals surface area contributed by atoms with Crippen LogP contribution in [0.2, 0.25) is 0 Å². The van der Waals surface area contributed by atoms with Crippen molar-refractivity contribution in [1.29, 1.82) is 0 Å². The zero-order chi connectivity index (χ0) is 8.97. The number of rotatable bonds is 2. The minimum atomic E-state index is -0.540. The summed E-state index contributed by atoms with van der Waals surface area (Å²) < 4.78 is 17.0. The van der Waals surface area contributed by atoms with Crippen LogP contribution in [0.1, 0.15) is 2.85 Å². The van der Waals surface area contributed by atoms with Crippen LogP contribution in [0.5, 0.6) is 5.75 Å². The van der Waals surface area contributed by atoms with Gasteiger partial charge in [-0.25, -0.2) is 4.39 Å². The van der Waals surface area contributed by atoms with Crippen molar-refractivity contribution in [2.24, 2.45) is 5.73 Å². The first-order valence-electron chi connectivity index (χ1n) is 3.38. The van der Waals surface area contributed by atoms with Crippen molar-refractivity contribution in [1.82, 2.24) is 0 Å². The van der Waals surface area contributed by atoms with Gasteiger partial charge in [-0.2, -0.15) is 0 Å². The average Bonchev–Trinajstić information content (AvgIpc) is 2.09. The molecule has 0 aromatic heterocycles. The van der Waals surface area contributed by atoms with Gasteiger partial charge in [0.1, 0.15) is 11.6 Å². The van der Waals surface area contributed by atoms with Crippen LogP contribution in [0.4, 0.5) is 4.39 Å². The second kappa shape index (κ2) is 10.0. The molecule has 0 unspecified atom stereocenters. The maximum Gasteiger partial charge on any atom is 1.00 e. The van der Waals surface area contributed by atoms with Gasteiger partial charge in [-0.05, 0) is 24.3 Å². The van der Waals surface area contributed by atoms with Crippen LogP contribution in [-0.2, 0) is 4.79 Å². The Kier molecular flexibility index (Phi) is 13.1. The van der Waals surface area contributed by atoms with E-state index in [-0.39, 0.29) is 118 Å². The Balaban J connectivity index is -0.000000180. The molecule has 2 N–H and O–H groups in total. The molecular formula is C8H10FK2NO2. The first kappa shape index (κ1) is 18.2. The van der Waals surface area contributed by atoms with Crippen LogP contribution in [0.3, 0.4) is 0 Å². The Morgan fingerprint density at radius 3 is 2.29 bits per heavy atom. The van der Waals surface area contributed by atoms with Gasteiger partial charge in [0, 0.05) is 0 Å². The van der Waals surface area contributed by atoms with E-state index in [4.69, 9.17) is 5.73 Å². The van der Waals surface area contributed by atoms with Gasteiger partial charge < -0.3 is 13.3 Å². The number of hydrogen-bond acceptors (Lipinski definition) is 3. The minimum Gasteiger partial charge on any atom is -1.00 e. The van der Waals surface area contributed by atoms with E-state index in [2.05, 4.69) is 4.74 Å². The third-order valence-corrected chi connectivity index (χ3v) is 1.21. The molecule has 0 atom stereocenters. The predicted octanol–water partition coefficient (Wildman–Crippen LogP) is -5.08. The van der Waals surface area contributed by atoms with E-state index >= 15 is 0 Å². The van der Waals surface area contributed by atoms with Crippen molar-refractivity contribution in [3.8, 4) is 5.75 Å². The van der Waals surface area contributed by atoms with E-state index in [1.807, 2.05) is 0 Å². The van der Waals surface area contributed by atoms with Gasteiger partial charge in [0.2, 0.25) is 0 Å². The molecule has 0 aliphatic rings. The van der Waals surface area contributed by atoms with Crippen molar-refractivity contribution in [3.63, 3.8) is 0 Å². The molecule has 6 heteroatoms. The number of ether oxygens (including phenoxy) is 1. The summed E-state index contributed by atoms with van der Waals surface area (Å²) in [6.07, 6.45) is 0. The molecule has 0 saturated carbocycles. The van der Waals surface area contributed by atoms with Gasteiger partial charge in [-0.1, -0.05) is 0 Å². The number of benzene rings is 1. The molecule has 1 aromatic rings. The summed E-state index contributed by atoms with van der Waals surface area (Å²) in [6.45, 7) is -0.183. The van der Waals surface area contributed by atoms with Gasteiger partial charge in [0.05, 0.1) is 6.54 Å². The SMILES string of the molecule is NCC(=O)Oc1ccc(F)cc1.[H-].[H-].[K+].[K+]. The summed E-state index contributed by atoms with van der Waals surface area (Å²) in [7, 11) is 0. The number of nitrogens with two attached hydrogens (primary N) is 1. The normalized spacial score (nSPS) is 8.14. The largest absolute Gasteiger partial charge is 1.00 e. The topological polar surface area (TPSA) is 52.3 Å². The van der Waals surface area contributed by atoms with Gasteiger partial charge in [-0.15, -0.1) is 0 Å². The quantitative estimate of drug-likeness (QED) is 0.324. The molecule has 0 aliphatic heterocycles. The molecule has 1 aromatic carbocycles. The number of esters is 1. The van der Waals surface area contributed by atoms with Gasteiger partial charge in [0.15, 0.2) is 0 Å². The van der Waals surface area contributed by atoms with Crippen molar-refractivity contribution < 1.29 is 120 Å². The van der Waals surface area contributed by atoms with Gasteiger partial charge >= 0.3 is 109 Å². The van der Waals surface area contributed by atoms with Crippen LogP contribution in [0.15, 0.2) is 24.3 Å². The van der Waals surface area contributed by atoms with Gasteiger partial charge in [0.25, 0.3) is 0 Å². The Hall–Kier alpha value is 1.85. The van der Waals surface area contributed by atoms with Crippen molar-refractivity contribution in [2.75, 3.05) is 6.54 Å². The number of halogens is 1. The van der Waals surface area contributed by atoms with Crippen LogP contribution in [0, 0.1) is 5.82 Å². The van der Waals surface area contributed by atoms with E-state index < -0.39 is 5.97 Å². The third-order valence-electron chi connectivity index (χ3n) is 1.21. The monoisotopic (exact) mass is 249 g/mol. The summed E-state index contributed by atoms with van der Waals surface area (Å²) in [6, 6.07) is 5.14. The number of carbonyl (C=O) groups is 1. The zero-order valence-corrected chi connectivity index (χ0v) is 14.5. The predicted molar refractivity (Wildman–Crippen MR) is 43.3 cm³/mol. The maximum atomic E-state index is 12.3. The summed E-state index contributed by atoms with van der Waals surface area (Å²) in [5, 5.41) is 0. The Morgan fingerprint density at radius 1 is 1.36 bits per heavy atom. The molecule has 0 bridgehead atoms. The molecule has 0 aliphatic carbocycles. The second-order valence-electron chi connectivity index (χ2n) is 2.13. The van der Waals surface area contributed by atoms with Crippen LogP contribution in [0.25, 0.3) is 0 Å². The molecule has 68 valence electrons. The van der Waals surface area contributed by atoms with E-state index in [1.54, 1.807) is 0 Å². The van der Waals surface area contributed by atoms with E-state index in [0.29, 0.717) is 5.75 Å². The fourth-order valence-electron chi connectivity index (χ4n) is 0.676. The van der Waals surface area contributed by atoms with Crippen LogP contribution >= 0.6 is 0 Å². The van der Waals surface area contributed by atoms with Crippen molar-refractivity contribution in [3.05, 3.63) is 30.1 Å². The molecule has 0 fully saturated rings. The Labute approximate surface area is 170 Å². The number of hydrogen-bond donors (Lipinski definition) is 1. The van der Waals surface area contributed by atoms with E-state index in [0.717, 1.165) is 0 Å². The summed E-state index contributed by atoms with van der Waals surface area (Å²) in [5.41, 5.74) is 5.00. The molecular weight excluding hydrogens is 239 g/mol. The molecule has 0 heterocycles. The van der Waals surface area contributed by atoms with Gasteiger partial charge in [-0.3, -0.25) is 4.79 Å². The molecule has 14 heavy (non-hydrogen) atoms. The fourth-order valence-corrected chi connectivity index (χ4v) is 0.676. The Morgan fingerprint density at radius 2 is 1.86 bits per heavy atom. The smallest absolute Gasteiger partial charge is 1.00 e. The van der Waals surface area contributed by atoms with Crippen molar-refractivity contribution >= 4 is 5.97 Å². The molecule has 3 nitrogen and oxygen atoms in total. The van der Waals surface area contributed by atoms with E-state index in [9.17, 15) is 9.18 Å². The second-order valence-corrected chi connectivity index (χ2v) is 2.13. The molecule has 0 saturated heterocycles. The average molecular weight is 249 g/mol.